The summed E-state index contributed by atoms with van der Waals surface area (Å²) in [6, 6.07) is 0.527. The van der Waals surface area contributed by atoms with Gasteiger partial charge in [0.15, 0.2) is 0 Å². The molecule has 0 saturated heterocycles. The molecule has 0 amide bonds. The van der Waals surface area contributed by atoms with E-state index < -0.39 is 5.60 Å². The average molecular weight is 421 g/mol. The summed E-state index contributed by atoms with van der Waals surface area (Å²) in [4.78, 5) is 28.7. The Bertz CT molecular complexity index is 669. The van der Waals surface area contributed by atoms with Crippen molar-refractivity contribution in [2.24, 2.45) is 11.8 Å². The molecule has 1 aromatic heterocycles. The smallest absolute Gasteiger partial charge is 0.309 e. The van der Waals surface area contributed by atoms with Crippen LogP contribution in [-0.2, 0) is 25.5 Å². The van der Waals surface area contributed by atoms with E-state index in [9.17, 15) is 9.59 Å². The van der Waals surface area contributed by atoms with Crippen molar-refractivity contribution in [1.29, 1.82) is 0 Å². The highest BCUT2D eigenvalue weighted by molar-refractivity contribution is 5.72. The number of ether oxygens (including phenoxy) is 2. The lowest BCUT2D eigenvalue weighted by atomic mass is 9.84. The summed E-state index contributed by atoms with van der Waals surface area (Å²) >= 11 is 0. The maximum Gasteiger partial charge on any atom is 0.309 e. The predicted molar refractivity (Wildman–Crippen MR) is 117 cm³/mol. The molecular weight excluding hydrogens is 380 g/mol. The maximum absolute atomic E-state index is 12.3. The van der Waals surface area contributed by atoms with Crippen molar-refractivity contribution in [2.45, 2.75) is 104 Å². The van der Waals surface area contributed by atoms with Crippen LogP contribution in [0.4, 0.5) is 0 Å². The van der Waals surface area contributed by atoms with Gasteiger partial charge < -0.3 is 14.0 Å². The minimum Gasteiger partial charge on any atom is -0.469 e. The fraction of sp³-hybridized carbons (Fsp3) is 0.792. The molecule has 1 fully saturated rings. The molecule has 1 atom stereocenters. The molecule has 0 aromatic carbocycles. The van der Waals surface area contributed by atoms with Gasteiger partial charge >= 0.3 is 11.9 Å². The van der Waals surface area contributed by atoms with Gasteiger partial charge in [-0.1, -0.05) is 19.8 Å². The van der Waals surface area contributed by atoms with E-state index in [1.807, 2.05) is 27.1 Å². The van der Waals surface area contributed by atoms with Gasteiger partial charge in [-0.05, 0) is 65.2 Å². The summed E-state index contributed by atoms with van der Waals surface area (Å²) in [6.07, 6.45) is 13.4. The van der Waals surface area contributed by atoms with Gasteiger partial charge in [-0.3, -0.25) is 9.59 Å². The molecule has 0 spiro atoms. The molecule has 1 aliphatic rings. The zero-order chi connectivity index (χ0) is 22.1. The van der Waals surface area contributed by atoms with Gasteiger partial charge in [0.2, 0.25) is 0 Å². The average Bonchev–Trinajstić information content (AvgIpc) is 3.17. The largest absolute Gasteiger partial charge is 0.469 e. The Kier molecular flexibility index (Phi) is 9.37. The molecule has 6 nitrogen and oxygen atoms in total. The molecule has 30 heavy (non-hydrogen) atoms. The molecule has 1 aromatic rings. The number of methoxy groups -OCH3 is 1. The van der Waals surface area contributed by atoms with Crippen molar-refractivity contribution >= 4 is 11.9 Å². The van der Waals surface area contributed by atoms with E-state index in [0.29, 0.717) is 31.7 Å². The minimum atomic E-state index is -0.458. The number of imidazole rings is 1. The molecule has 6 heteroatoms. The predicted octanol–water partition coefficient (Wildman–Crippen LogP) is 5.26. The van der Waals surface area contributed by atoms with Crippen LogP contribution in [0.3, 0.4) is 0 Å². The highest BCUT2D eigenvalue weighted by Crippen LogP contribution is 2.33. The molecule has 0 bridgehead atoms. The normalized spacial score (nSPS) is 20.6. The van der Waals surface area contributed by atoms with Crippen molar-refractivity contribution in [3.8, 4) is 0 Å². The molecule has 0 aliphatic heterocycles. The first-order valence-electron chi connectivity index (χ1n) is 11.5. The van der Waals surface area contributed by atoms with E-state index in [4.69, 9.17) is 9.47 Å². The summed E-state index contributed by atoms with van der Waals surface area (Å²) in [5.74, 6) is 0.250. The summed E-state index contributed by atoms with van der Waals surface area (Å²) in [5, 5.41) is 0. The molecule has 170 valence electrons. The van der Waals surface area contributed by atoms with E-state index in [1.165, 1.54) is 39.2 Å². The third-order valence-corrected chi connectivity index (χ3v) is 6.06. The van der Waals surface area contributed by atoms with Crippen LogP contribution >= 0.6 is 0 Å². The first-order chi connectivity index (χ1) is 14.2. The molecule has 2 rings (SSSR count). The van der Waals surface area contributed by atoms with Gasteiger partial charge in [0.25, 0.3) is 0 Å². The third-order valence-electron chi connectivity index (χ3n) is 6.06. The van der Waals surface area contributed by atoms with Crippen LogP contribution in [0, 0.1) is 11.8 Å². The Morgan fingerprint density at radius 2 is 1.90 bits per heavy atom. The molecule has 1 heterocycles. The highest BCUT2D eigenvalue weighted by atomic mass is 16.6. The second-order valence-corrected chi connectivity index (χ2v) is 9.65. The lowest BCUT2D eigenvalue weighted by Crippen LogP contribution is -2.23. The number of unbranched alkanes of at least 4 members (excludes halogenated alkanes) is 1. The van der Waals surface area contributed by atoms with E-state index in [1.54, 1.807) is 0 Å². The van der Waals surface area contributed by atoms with Gasteiger partial charge in [0.05, 0.1) is 25.0 Å². The summed E-state index contributed by atoms with van der Waals surface area (Å²) in [7, 11) is 1.43. The SMILES string of the molecule is CCC1CCC(n2cnc(CC(CCCCC(=O)OC(C)(C)C)C(=O)OC)c2)CC1. The highest BCUT2D eigenvalue weighted by Gasteiger charge is 2.24. The van der Waals surface area contributed by atoms with Gasteiger partial charge in [-0.15, -0.1) is 0 Å². The first kappa shape index (κ1) is 24.4. The molecule has 1 saturated carbocycles. The van der Waals surface area contributed by atoms with Crippen molar-refractivity contribution < 1.29 is 19.1 Å². The quantitative estimate of drug-likeness (QED) is 0.381. The zero-order valence-corrected chi connectivity index (χ0v) is 19.5. The van der Waals surface area contributed by atoms with E-state index in [2.05, 4.69) is 22.7 Å². The fourth-order valence-electron chi connectivity index (χ4n) is 4.31. The van der Waals surface area contributed by atoms with Crippen molar-refractivity contribution in [2.75, 3.05) is 7.11 Å². The van der Waals surface area contributed by atoms with Crippen LogP contribution in [0.25, 0.3) is 0 Å². The Labute approximate surface area is 181 Å². The Balaban J connectivity index is 1.83. The van der Waals surface area contributed by atoms with Gasteiger partial charge in [-0.25, -0.2) is 4.98 Å². The lowest BCUT2D eigenvalue weighted by molar-refractivity contribution is -0.154. The number of nitrogens with zero attached hydrogens (tertiary/aromatic N) is 2. The maximum atomic E-state index is 12.3. The molecule has 0 N–H and O–H groups in total. The Hall–Kier alpha value is -1.85. The number of aromatic nitrogens is 2. The van der Waals surface area contributed by atoms with Crippen LogP contribution in [0.2, 0.25) is 0 Å². The van der Waals surface area contributed by atoms with Crippen molar-refractivity contribution in [3.63, 3.8) is 0 Å². The minimum absolute atomic E-state index is 0.186. The van der Waals surface area contributed by atoms with Crippen LogP contribution in [0.15, 0.2) is 12.5 Å². The summed E-state index contributed by atoms with van der Waals surface area (Å²) in [6.45, 7) is 7.88. The molecule has 1 aliphatic carbocycles. The number of carbonyl (C=O) groups excluding carboxylic acids is 2. The standard InChI is InChI=1S/C24H40N2O4/c1-6-18-11-13-21(14-12-18)26-16-20(25-17-26)15-19(23(28)29-5)9-7-8-10-22(27)30-24(2,3)4/h16-19,21H,6-15H2,1-5H3. The van der Waals surface area contributed by atoms with Crippen LogP contribution in [-0.4, -0.2) is 34.2 Å². The summed E-state index contributed by atoms with van der Waals surface area (Å²) in [5.41, 5.74) is 0.482. The topological polar surface area (TPSA) is 70.4 Å². The lowest BCUT2D eigenvalue weighted by Gasteiger charge is -2.28. The van der Waals surface area contributed by atoms with Crippen LogP contribution in [0.5, 0.6) is 0 Å². The summed E-state index contributed by atoms with van der Waals surface area (Å²) < 4.78 is 12.6. The number of hydrogen-bond donors (Lipinski definition) is 0. The fourth-order valence-corrected chi connectivity index (χ4v) is 4.31. The first-order valence-corrected chi connectivity index (χ1v) is 11.5. The van der Waals surface area contributed by atoms with Crippen molar-refractivity contribution in [1.82, 2.24) is 9.55 Å². The van der Waals surface area contributed by atoms with E-state index >= 15 is 0 Å². The number of rotatable bonds is 10. The second-order valence-electron chi connectivity index (χ2n) is 9.65. The van der Waals surface area contributed by atoms with E-state index in [-0.39, 0.29) is 17.9 Å². The molecular formula is C24H40N2O4. The van der Waals surface area contributed by atoms with E-state index in [0.717, 1.165) is 18.0 Å². The monoisotopic (exact) mass is 420 g/mol. The number of carbonyl (C=O) groups is 2. The van der Waals surface area contributed by atoms with Crippen molar-refractivity contribution in [3.05, 3.63) is 18.2 Å². The number of hydrogen-bond acceptors (Lipinski definition) is 5. The Morgan fingerprint density at radius 1 is 1.20 bits per heavy atom. The van der Waals surface area contributed by atoms with Crippen LogP contribution in [0.1, 0.15) is 97.2 Å². The van der Waals surface area contributed by atoms with Gasteiger partial charge in [0.1, 0.15) is 5.60 Å². The Morgan fingerprint density at radius 3 is 2.50 bits per heavy atom. The molecule has 1 unspecified atom stereocenters. The number of esters is 2. The van der Waals surface area contributed by atoms with Crippen LogP contribution < -0.4 is 0 Å². The van der Waals surface area contributed by atoms with Gasteiger partial charge in [0, 0.05) is 25.1 Å². The second kappa shape index (κ2) is 11.5. The van der Waals surface area contributed by atoms with Gasteiger partial charge in [-0.2, -0.15) is 0 Å². The molecule has 0 radical (unpaired) electrons. The zero-order valence-electron chi connectivity index (χ0n) is 19.5. The third kappa shape index (κ3) is 8.11.